The van der Waals surface area contributed by atoms with Crippen molar-refractivity contribution in [2.24, 2.45) is 5.92 Å². The molecule has 0 N–H and O–H groups in total. The zero-order valence-electron chi connectivity index (χ0n) is 12.5. The summed E-state index contributed by atoms with van der Waals surface area (Å²) in [6.07, 6.45) is 7.46. The van der Waals surface area contributed by atoms with Gasteiger partial charge < -0.3 is 9.47 Å². The summed E-state index contributed by atoms with van der Waals surface area (Å²) in [5, 5.41) is 8.26. The number of carbonyl (C=O) groups is 1. The zero-order valence-corrected chi connectivity index (χ0v) is 12.5. The highest BCUT2D eigenvalue weighted by Crippen LogP contribution is 2.30. The Labute approximate surface area is 120 Å². The fourth-order valence-corrected chi connectivity index (χ4v) is 3.55. The first-order chi connectivity index (χ1) is 9.66. The summed E-state index contributed by atoms with van der Waals surface area (Å²) in [7, 11) is 0. The van der Waals surface area contributed by atoms with Crippen LogP contribution in [0.25, 0.3) is 0 Å². The normalized spacial score (nSPS) is 23.9. The summed E-state index contributed by atoms with van der Waals surface area (Å²) in [6, 6.07) is 0.354. The van der Waals surface area contributed by atoms with E-state index < -0.39 is 0 Å². The van der Waals surface area contributed by atoms with Crippen molar-refractivity contribution < 1.29 is 4.79 Å². The Balaban J connectivity index is 1.67. The SMILES string of the molecule is CC(C)c1nncn1C1CCN(C(=O)C2CCCC2)C1. The van der Waals surface area contributed by atoms with Crippen LogP contribution in [-0.4, -0.2) is 38.7 Å². The molecule has 2 fully saturated rings. The van der Waals surface area contributed by atoms with Crippen LogP contribution in [0, 0.1) is 5.92 Å². The summed E-state index contributed by atoms with van der Waals surface area (Å²) in [5.74, 6) is 2.07. The van der Waals surface area contributed by atoms with E-state index >= 15 is 0 Å². The second kappa shape index (κ2) is 5.54. The van der Waals surface area contributed by atoms with Crippen molar-refractivity contribution in [2.45, 2.75) is 57.9 Å². The average Bonchev–Trinajstić information content (AvgIpc) is 3.17. The molecule has 0 spiro atoms. The highest BCUT2D eigenvalue weighted by atomic mass is 16.2. The smallest absolute Gasteiger partial charge is 0.225 e. The first kappa shape index (κ1) is 13.6. The maximum absolute atomic E-state index is 12.5. The molecule has 2 heterocycles. The highest BCUT2D eigenvalue weighted by Gasteiger charge is 2.33. The van der Waals surface area contributed by atoms with E-state index in [-0.39, 0.29) is 0 Å². The number of amides is 1. The summed E-state index contributed by atoms with van der Waals surface area (Å²) < 4.78 is 2.17. The molecule has 0 aromatic carbocycles. The Hall–Kier alpha value is -1.39. The van der Waals surface area contributed by atoms with Gasteiger partial charge in [0.2, 0.25) is 5.91 Å². The molecule has 5 nitrogen and oxygen atoms in total. The number of aromatic nitrogens is 3. The molecule has 1 saturated heterocycles. The number of hydrogen-bond donors (Lipinski definition) is 0. The average molecular weight is 276 g/mol. The molecule has 3 rings (SSSR count). The molecule has 5 heteroatoms. The third kappa shape index (κ3) is 2.45. The van der Waals surface area contributed by atoms with E-state index in [0.717, 1.165) is 38.2 Å². The lowest BCUT2D eigenvalue weighted by molar-refractivity contribution is -0.134. The van der Waals surface area contributed by atoms with Gasteiger partial charge >= 0.3 is 0 Å². The van der Waals surface area contributed by atoms with Crippen LogP contribution < -0.4 is 0 Å². The molecule has 1 aliphatic carbocycles. The summed E-state index contributed by atoms with van der Waals surface area (Å²) >= 11 is 0. The number of likely N-dealkylation sites (tertiary alicyclic amines) is 1. The van der Waals surface area contributed by atoms with Crippen molar-refractivity contribution in [2.75, 3.05) is 13.1 Å². The molecule has 1 amide bonds. The van der Waals surface area contributed by atoms with Gasteiger partial charge in [-0.05, 0) is 19.3 Å². The van der Waals surface area contributed by atoms with Gasteiger partial charge in [-0.25, -0.2) is 0 Å². The molecular weight excluding hydrogens is 252 g/mol. The van der Waals surface area contributed by atoms with E-state index in [1.54, 1.807) is 0 Å². The Kier molecular flexibility index (Phi) is 3.76. The standard InChI is InChI=1S/C15H24N4O/c1-11(2)14-17-16-10-19(14)13-7-8-18(9-13)15(20)12-5-3-4-6-12/h10-13H,3-9H2,1-2H3. The fraction of sp³-hybridized carbons (Fsp3) is 0.800. The summed E-state index contributed by atoms with van der Waals surface area (Å²) in [5.41, 5.74) is 0. The lowest BCUT2D eigenvalue weighted by Crippen LogP contribution is -2.33. The Morgan fingerprint density at radius 1 is 1.30 bits per heavy atom. The van der Waals surface area contributed by atoms with Crippen molar-refractivity contribution in [3.63, 3.8) is 0 Å². The van der Waals surface area contributed by atoms with Crippen molar-refractivity contribution in [3.8, 4) is 0 Å². The minimum atomic E-state index is 0.291. The number of rotatable bonds is 3. The Morgan fingerprint density at radius 2 is 2.05 bits per heavy atom. The molecule has 1 aromatic rings. The van der Waals surface area contributed by atoms with Crippen LogP contribution in [0.2, 0.25) is 0 Å². The van der Waals surface area contributed by atoms with E-state index in [1.165, 1.54) is 12.8 Å². The molecule has 1 saturated carbocycles. The van der Waals surface area contributed by atoms with Crippen LogP contribution in [0.3, 0.4) is 0 Å². The van der Waals surface area contributed by atoms with Gasteiger partial charge in [-0.1, -0.05) is 26.7 Å². The second-order valence-electron chi connectivity index (χ2n) is 6.46. The van der Waals surface area contributed by atoms with Gasteiger partial charge in [0.25, 0.3) is 0 Å². The van der Waals surface area contributed by atoms with E-state index in [0.29, 0.717) is 23.8 Å². The van der Waals surface area contributed by atoms with E-state index in [9.17, 15) is 4.79 Å². The van der Waals surface area contributed by atoms with Gasteiger partial charge in [0.1, 0.15) is 12.2 Å². The molecular formula is C15H24N4O. The van der Waals surface area contributed by atoms with Crippen LogP contribution in [0.15, 0.2) is 6.33 Å². The first-order valence-corrected chi connectivity index (χ1v) is 7.85. The van der Waals surface area contributed by atoms with Crippen molar-refractivity contribution >= 4 is 5.91 Å². The molecule has 2 aliphatic rings. The zero-order chi connectivity index (χ0) is 14.1. The van der Waals surface area contributed by atoms with Gasteiger partial charge in [-0.15, -0.1) is 10.2 Å². The predicted octanol–water partition coefficient (Wildman–Crippen LogP) is 2.37. The molecule has 0 radical (unpaired) electrons. The molecule has 20 heavy (non-hydrogen) atoms. The van der Waals surface area contributed by atoms with E-state index in [4.69, 9.17) is 0 Å². The van der Waals surface area contributed by atoms with Gasteiger partial charge in [-0.3, -0.25) is 4.79 Å². The lowest BCUT2D eigenvalue weighted by atomic mass is 10.1. The second-order valence-corrected chi connectivity index (χ2v) is 6.46. The number of hydrogen-bond acceptors (Lipinski definition) is 3. The molecule has 110 valence electrons. The Bertz CT molecular complexity index is 476. The largest absolute Gasteiger partial charge is 0.340 e. The summed E-state index contributed by atoms with van der Waals surface area (Å²) in [4.78, 5) is 14.5. The third-order valence-corrected chi connectivity index (χ3v) is 4.69. The van der Waals surface area contributed by atoms with E-state index in [2.05, 4.69) is 33.5 Å². The van der Waals surface area contributed by atoms with Crippen LogP contribution >= 0.6 is 0 Å². The molecule has 1 aromatic heterocycles. The maximum Gasteiger partial charge on any atom is 0.225 e. The topological polar surface area (TPSA) is 51.0 Å². The van der Waals surface area contributed by atoms with Crippen molar-refractivity contribution in [1.82, 2.24) is 19.7 Å². The molecule has 1 aliphatic heterocycles. The number of nitrogens with zero attached hydrogens (tertiary/aromatic N) is 4. The fourth-order valence-electron chi connectivity index (χ4n) is 3.55. The Morgan fingerprint density at radius 3 is 2.75 bits per heavy atom. The van der Waals surface area contributed by atoms with Crippen molar-refractivity contribution in [3.05, 3.63) is 12.2 Å². The minimum absolute atomic E-state index is 0.291. The monoisotopic (exact) mass is 276 g/mol. The van der Waals surface area contributed by atoms with Crippen LogP contribution in [-0.2, 0) is 4.79 Å². The quantitative estimate of drug-likeness (QED) is 0.851. The van der Waals surface area contributed by atoms with Crippen LogP contribution in [0.1, 0.15) is 63.7 Å². The lowest BCUT2D eigenvalue weighted by Gasteiger charge is -2.21. The predicted molar refractivity (Wildman–Crippen MR) is 76.3 cm³/mol. The van der Waals surface area contributed by atoms with Gasteiger partial charge in [0.15, 0.2) is 0 Å². The first-order valence-electron chi connectivity index (χ1n) is 7.85. The molecule has 0 bridgehead atoms. The van der Waals surface area contributed by atoms with Crippen LogP contribution in [0.4, 0.5) is 0 Å². The molecule has 1 unspecified atom stereocenters. The van der Waals surface area contributed by atoms with Gasteiger partial charge in [0.05, 0.1) is 6.04 Å². The van der Waals surface area contributed by atoms with Gasteiger partial charge in [-0.2, -0.15) is 0 Å². The van der Waals surface area contributed by atoms with Crippen molar-refractivity contribution in [1.29, 1.82) is 0 Å². The summed E-state index contributed by atoms with van der Waals surface area (Å²) in [6.45, 7) is 5.98. The van der Waals surface area contributed by atoms with Crippen LogP contribution in [0.5, 0.6) is 0 Å². The maximum atomic E-state index is 12.5. The highest BCUT2D eigenvalue weighted by molar-refractivity contribution is 5.79. The van der Waals surface area contributed by atoms with Gasteiger partial charge in [0, 0.05) is 24.9 Å². The number of carbonyl (C=O) groups excluding carboxylic acids is 1. The molecule has 1 atom stereocenters. The minimum Gasteiger partial charge on any atom is -0.340 e. The van der Waals surface area contributed by atoms with E-state index in [1.807, 2.05) is 6.33 Å². The third-order valence-electron chi connectivity index (χ3n) is 4.69.